The Bertz CT molecular complexity index is 399. The van der Waals surface area contributed by atoms with Crippen LogP contribution in [0.15, 0.2) is 17.2 Å². The van der Waals surface area contributed by atoms with Gasteiger partial charge in [-0.25, -0.2) is 4.79 Å². The number of ether oxygens (including phenoxy) is 1. The summed E-state index contributed by atoms with van der Waals surface area (Å²) in [6, 6.07) is 0. The lowest BCUT2D eigenvalue weighted by Gasteiger charge is -2.32. The first-order valence-corrected chi connectivity index (χ1v) is 6.87. The van der Waals surface area contributed by atoms with E-state index in [-0.39, 0.29) is 5.69 Å². The van der Waals surface area contributed by atoms with Crippen molar-refractivity contribution in [3.8, 4) is 0 Å². The molecule has 2 rings (SSSR count). The molecule has 1 atom stereocenters. The van der Waals surface area contributed by atoms with Crippen molar-refractivity contribution in [1.29, 1.82) is 0 Å². The molecule has 0 aliphatic carbocycles. The monoisotopic (exact) mass is 253 g/mol. The molecule has 5 nitrogen and oxygen atoms in total. The summed E-state index contributed by atoms with van der Waals surface area (Å²) in [5.74, 6) is 0. The molecule has 1 aliphatic rings. The number of aromatic nitrogens is 2. The number of nitrogens with zero attached hydrogens (tertiary/aromatic N) is 2. The second kappa shape index (κ2) is 6.75. The molecule has 1 unspecified atom stereocenters. The molecule has 1 aromatic rings. The molecule has 1 aliphatic heterocycles. The van der Waals surface area contributed by atoms with E-state index in [9.17, 15) is 4.79 Å². The molecule has 102 valence electrons. The van der Waals surface area contributed by atoms with E-state index in [4.69, 9.17) is 4.74 Å². The molecule has 0 radical (unpaired) electrons. The second-order valence-electron chi connectivity index (χ2n) is 4.89. The topological polar surface area (TPSA) is 50.3 Å². The Balaban J connectivity index is 1.75. The van der Waals surface area contributed by atoms with Gasteiger partial charge in [-0.2, -0.15) is 0 Å². The Morgan fingerprint density at radius 3 is 3.11 bits per heavy atom. The highest BCUT2D eigenvalue weighted by Gasteiger charge is 2.19. The fraction of sp³-hybridized carbons (Fsp3) is 0.769. The van der Waals surface area contributed by atoms with Crippen LogP contribution in [0.5, 0.6) is 0 Å². The molecular weight excluding hydrogens is 230 g/mol. The Hall–Kier alpha value is -1.07. The third-order valence-electron chi connectivity index (χ3n) is 3.40. The highest BCUT2D eigenvalue weighted by molar-refractivity contribution is 4.78. The van der Waals surface area contributed by atoms with Gasteiger partial charge in [0.25, 0.3) is 0 Å². The molecule has 18 heavy (non-hydrogen) atoms. The first-order chi connectivity index (χ1) is 8.79. The van der Waals surface area contributed by atoms with E-state index in [0.29, 0.717) is 6.10 Å². The highest BCUT2D eigenvalue weighted by atomic mass is 16.5. The largest absolute Gasteiger partial charge is 0.377 e. The minimum Gasteiger partial charge on any atom is -0.377 e. The van der Waals surface area contributed by atoms with Crippen LogP contribution in [-0.4, -0.2) is 46.8 Å². The minimum absolute atomic E-state index is 0.0224. The third-order valence-corrected chi connectivity index (χ3v) is 3.40. The number of hydrogen-bond donors (Lipinski definition) is 1. The number of hydrogen-bond acceptors (Lipinski definition) is 3. The molecular formula is C13H23N3O2. The van der Waals surface area contributed by atoms with Gasteiger partial charge in [0.15, 0.2) is 0 Å². The van der Waals surface area contributed by atoms with E-state index in [0.717, 1.165) is 39.2 Å². The van der Waals surface area contributed by atoms with Gasteiger partial charge in [0.05, 0.1) is 6.10 Å². The molecule has 1 fully saturated rings. The summed E-state index contributed by atoms with van der Waals surface area (Å²) in [7, 11) is 0. The Kier molecular flexibility index (Phi) is 5.01. The van der Waals surface area contributed by atoms with Gasteiger partial charge in [-0.05, 0) is 25.8 Å². The molecule has 1 aromatic heterocycles. The second-order valence-corrected chi connectivity index (χ2v) is 4.89. The van der Waals surface area contributed by atoms with E-state index < -0.39 is 0 Å². The van der Waals surface area contributed by atoms with Crippen molar-refractivity contribution in [2.24, 2.45) is 0 Å². The predicted octanol–water partition coefficient (Wildman–Crippen LogP) is 1.07. The number of nitrogens with one attached hydrogen (secondary N) is 1. The quantitative estimate of drug-likeness (QED) is 0.825. The number of likely N-dealkylation sites (tertiary alicyclic amines) is 1. The van der Waals surface area contributed by atoms with Crippen molar-refractivity contribution < 1.29 is 4.74 Å². The summed E-state index contributed by atoms with van der Waals surface area (Å²) in [5, 5.41) is 0. The molecule has 0 amide bonds. The van der Waals surface area contributed by atoms with Crippen LogP contribution >= 0.6 is 0 Å². The molecule has 0 saturated carbocycles. The standard InChI is InChI=1S/C13H23N3O2/c1-2-10-18-12-4-3-6-15(11-12)8-9-16-7-5-14-13(16)17/h5,7,12H,2-4,6,8-11H2,1H3,(H,14,17). The van der Waals surface area contributed by atoms with Gasteiger partial charge in [-0.1, -0.05) is 6.92 Å². The fourth-order valence-corrected chi connectivity index (χ4v) is 2.41. The summed E-state index contributed by atoms with van der Waals surface area (Å²) in [5.41, 5.74) is -0.0224. The molecule has 1 N–H and O–H groups in total. The zero-order valence-corrected chi connectivity index (χ0v) is 11.1. The summed E-state index contributed by atoms with van der Waals surface area (Å²) in [4.78, 5) is 16.4. The van der Waals surface area contributed by atoms with Crippen LogP contribution < -0.4 is 5.69 Å². The van der Waals surface area contributed by atoms with E-state index in [1.54, 1.807) is 17.0 Å². The van der Waals surface area contributed by atoms with E-state index in [1.165, 1.54) is 12.8 Å². The maximum absolute atomic E-state index is 11.4. The number of rotatable bonds is 6. The summed E-state index contributed by atoms with van der Waals surface area (Å²) < 4.78 is 7.53. The maximum Gasteiger partial charge on any atom is 0.325 e. The van der Waals surface area contributed by atoms with Crippen molar-refractivity contribution in [2.75, 3.05) is 26.2 Å². The van der Waals surface area contributed by atoms with Crippen molar-refractivity contribution in [1.82, 2.24) is 14.5 Å². The SMILES string of the molecule is CCCOC1CCCN(CCn2cc[nH]c2=O)C1. The third kappa shape index (κ3) is 3.71. The smallest absolute Gasteiger partial charge is 0.325 e. The van der Waals surface area contributed by atoms with Crippen LogP contribution in [0.1, 0.15) is 26.2 Å². The van der Waals surface area contributed by atoms with Crippen LogP contribution in [-0.2, 0) is 11.3 Å². The number of imidazole rings is 1. The molecule has 5 heteroatoms. The lowest BCUT2D eigenvalue weighted by Crippen LogP contribution is -2.41. The lowest BCUT2D eigenvalue weighted by molar-refractivity contribution is -0.000807. The summed E-state index contributed by atoms with van der Waals surface area (Å²) in [6.07, 6.45) is 7.30. The highest BCUT2D eigenvalue weighted by Crippen LogP contribution is 2.13. The van der Waals surface area contributed by atoms with Gasteiger partial charge in [0.1, 0.15) is 0 Å². The van der Waals surface area contributed by atoms with E-state index >= 15 is 0 Å². The van der Waals surface area contributed by atoms with Gasteiger partial charge >= 0.3 is 5.69 Å². The van der Waals surface area contributed by atoms with E-state index in [1.807, 2.05) is 0 Å². The molecule has 0 aromatic carbocycles. The van der Waals surface area contributed by atoms with Gasteiger partial charge in [-0.15, -0.1) is 0 Å². The molecule has 0 spiro atoms. The minimum atomic E-state index is -0.0224. The lowest BCUT2D eigenvalue weighted by atomic mass is 10.1. The summed E-state index contributed by atoms with van der Waals surface area (Å²) in [6.45, 7) is 6.78. The van der Waals surface area contributed by atoms with Gasteiger partial charge in [-0.3, -0.25) is 9.47 Å². The van der Waals surface area contributed by atoms with Crippen LogP contribution in [0.2, 0.25) is 0 Å². The zero-order chi connectivity index (χ0) is 12.8. The van der Waals surface area contributed by atoms with Gasteiger partial charge < -0.3 is 9.72 Å². The van der Waals surface area contributed by atoms with Gasteiger partial charge in [0.2, 0.25) is 0 Å². The number of piperidine rings is 1. The van der Waals surface area contributed by atoms with Crippen LogP contribution in [0.4, 0.5) is 0 Å². The normalized spacial score (nSPS) is 21.3. The Labute approximate surface area is 108 Å². The first-order valence-electron chi connectivity index (χ1n) is 6.87. The Morgan fingerprint density at radius 1 is 1.50 bits per heavy atom. The van der Waals surface area contributed by atoms with Crippen molar-refractivity contribution >= 4 is 0 Å². The molecule has 0 bridgehead atoms. The maximum atomic E-state index is 11.4. The van der Waals surface area contributed by atoms with Crippen molar-refractivity contribution in [3.63, 3.8) is 0 Å². The summed E-state index contributed by atoms with van der Waals surface area (Å²) >= 11 is 0. The molecule has 2 heterocycles. The van der Waals surface area contributed by atoms with Crippen LogP contribution in [0, 0.1) is 0 Å². The number of aromatic amines is 1. The van der Waals surface area contributed by atoms with Crippen LogP contribution in [0.3, 0.4) is 0 Å². The zero-order valence-electron chi connectivity index (χ0n) is 11.1. The van der Waals surface area contributed by atoms with Crippen molar-refractivity contribution in [3.05, 3.63) is 22.9 Å². The van der Waals surface area contributed by atoms with Crippen LogP contribution in [0.25, 0.3) is 0 Å². The predicted molar refractivity (Wildman–Crippen MR) is 70.8 cm³/mol. The fourth-order valence-electron chi connectivity index (χ4n) is 2.41. The van der Waals surface area contributed by atoms with Gasteiger partial charge in [0, 0.05) is 38.6 Å². The Morgan fingerprint density at radius 2 is 2.39 bits per heavy atom. The average molecular weight is 253 g/mol. The average Bonchev–Trinajstić information content (AvgIpc) is 2.80. The number of H-pyrrole nitrogens is 1. The first kappa shape index (κ1) is 13.4. The van der Waals surface area contributed by atoms with Crippen molar-refractivity contribution in [2.45, 2.75) is 38.8 Å². The van der Waals surface area contributed by atoms with E-state index in [2.05, 4.69) is 16.8 Å². The molecule has 1 saturated heterocycles.